The summed E-state index contributed by atoms with van der Waals surface area (Å²) in [4.78, 5) is 0. The van der Waals surface area contributed by atoms with Crippen molar-refractivity contribution in [2.24, 2.45) is 0 Å². The molecule has 11 heavy (non-hydrogen) atoms. The van der Waals surface area contributed by atoms with E-state index in [4.69, 9.17) is 4.74 Å². The molecule has 1 aromatic rings. The molecule has 0 aliphatic carbocycles. The summed E-state index contributed by atoms with van der Waals surface area (Å²) >= 11 is 0. The predicted molar refractivity (Wildman–Crippen MR) is 51.2 cm³/mol. The van der Waals surface area contributed by atoms with Gasteiger partial charge in [-0.2, -0.15) is 18.2 Å². The topological polar surface area (TPSA) is 9.23 Å². The largest absolute Gasteiger partial charge is 2.00 e. The molecule has 1 aromatic carbocycles. The number of benzene rings is 1. The number of methoxy groups -OCH3 is 1. The van der Waals surface area contributed by atoms with Gasteiger partial charge in [0, 0.05) is 5.75 Å². The Labute approximate surface area is 90.7 Å². The molecule has 0 saturated heterocycles. The van der Waals surface area contributed by atoms with Gasteiger partial charge in [-0.3, -0.25) is 0 Å². The molecule has 0 bridgehead atoms. The molecule has 0 heterocycles. The Balaban J connectivity index is -0.000000213. The van der Waals surface area contributed by atoms with Crippen LogP contribution in [0, 0.1) is 13.5 Å². The summed E-state index contributed by atoms with van der Waals surface area (Å²) < 4.78 is 4.89. The van der Waals surface area contributed by atoms with Crippen LogP contribution in [0.1, 0.15) is 0 Å². The van der Waals surface area contributed by atoms with Gasteiger partial charge in [0.2, 0.25) is 0 Å². The Morgan fingerprint density at radius 3 is 2.00 bits per heavy atom. The molecule has 0 spiro atoms. The summed E-state index contributed by atoms with van der Waals surface area (Å²) in [6, 6.07) is 10.2. The maximum absolute atomic E-state index is 4.89. The minimum absolute atomic E-state index is 0. The molecule has 0 fully saturated rings. The first-order valence-electron chi connectivity index (χ1n) is 2.43. The molecule has 0 saturated carbocycles. The van der Waals surface area contributed by atoms with Crippen LogP contribution in [0.15, 0.2) is 24.3 Å². The molecule has 0 radical (unpaired) electrons. The second-order valence-electron chi connectivity index (χ2n) is 1.44. The number of hydrogen-bond acceptors (Lipinski definition) is 1. The second-order valence-corrected chi connectivity index (χ2v) is 1.44. The van der Waals surface area contributed by atoms with Gasteiger partial charge < -0.3 is 12.2 Å². The molecule has 0 N–H and O–H groups in total. The summed E-state index contributed by atoms with van der Waals surface area (Å²) in [7, 11) is 1.65. The van der Waals surface area contributed by atoms with Crippen LogP contribution in [0.3, 0.4) is 0 Å². The molecule has 1 rings (SSSR count). The van der Waals surface area contributed by atoms with Gasteiger partial charge in [0.1, 0.15) is 0 Å². The summed E-state index contributed by atoms with van der Waals surface area (Å²) in [5, 5.41) is 0. The van der Waals surface area contributed by atoms with Gasteiger partial charge in [0.25, 0.3) is 0 Å². The molecular formula is C8H11ClMgO. The van der Waals surface area contributed by atoms with Crippen LogP contribution in [0.4, 0.5) is 0 Å². The Hall–Kier alpha value is 0.0762. The zero-order chi connectivity index (χ0) is 5.82. The minimum Gasteiger partial charge on any atom is -0.522 e. The fraction of sp³-hybridized carbons (Fsp3) is 0.125. The molecule has 0 aliphatic rings. The van der Waals surface area contributed by atoms with Crippen molar-refractivity contribution in [1.82, 2.24) is 0 Å². The number of hydrogen-bond donors (Lipinski definition) is 0. The van der Waals surface area contributed by atoms with Gasteiger partial charge in [-0.25, -0.2) is 0 Å². The van der Waals surface area contributed by atoms with Gasteiger partial charge >= 0.3 is 23.1 Å². The molecule has 58 valence electrons. The van der Waals surface area contributed by atoms with Crippen molar-refractivity contribution in [3.8, 4) is 5.75 Å². The molecule has 0 aliphatic heterocycles. The van der Waals surface area contributed by atoms with Crippen molar-refractivity contribution in [2.75, 3.05) is 7.11 Å². The van der Waals surface area contributed by atoms with Gasteiger partial charge in [-0.05, 0) is 0 Å². The van der Waals surface area contributed by atoms with Gasteiger partial charge in [-0.1, -0.05) is 0 Å². The van der Waals surface area contributed by atoms with Gasteiger partial charge in [0.05, 0.1) is 7.11 Å². The van der Waals surface area contributed by atoms with Crippen LogP contribution >= 0.6 is 12.4 Å². The average molecular weight is 183 g/mol. The summed E-state index contributed by atoms with van der Waals surface area (Å²) in [5.41, 5.74) is 0. The molecule has 0 atom stereocenters. The van der Waals surface area contributed by atoms with E-state index in [9.17, 15) is 0 Å². The van der Waals surface area contributed by atoms with Crippen LogP contribution < -0.4 is 4.74 Å². The Bertz CT molecular complexity index is 155. The summed E-state index contributed by atoms with van der Waals surface area (Å²) in [6.07, 6.45) is 0. The SMILES string of the molecule is COc1cc[c-]cc1.Cl.[CH3-].[Mg+2]. The fourth-order valence-corrected chi connectivity index (χ4v) is 0.508. The minimum atomic E-state index is 0. The predicted octanol–water partition coefficient (Wildman–Crippen LogP) is 1.99. The van der Waals surface area contributed by atoms with E-state index in [0.717, 1.165) is 5.75 Å². The maximum Gasteiger partial charge on any atom is 2.00 e. The van der Waals surface area contributed by atoms with E-state index in [1.54, 1.807) is 7.11 Å². The smallest absolute Gasteiger partial charge is 0.522 e. The van der Waals surface area contributed by atoms with E-state index in [0.29, 0.717) is 0 Å². The third-order valence-electron chi connectivity index (χ3n) is 0.923. The third kappa shape index (κ3) is 6.47. The van der Waals surface area contributed by atoms with Crippen LogP contribution in [0.2, 0.25) is 0 Å². The quantitative estimate of drug-likeness (QED) is 0.477. The Morgan fingerprint density at radius 2 is 1.73 bits per heavy atom. The number of ether oxygens (including phenoxy) is 1. The first-order chi connectivity index (χ1) is 3.93. The van der Waals surface area contributed by atoms with Gasteiger partial charge in [-0.15, -0.1) is 24.5 Å². The molecule has 0 unspecified atom stereocenters. The van der Waals surface area contributed by atoms with Crippen molar-refractivity contribution >= 4 is 35.5 Å². The average Bonchev–Trinajstić information content (AvgIpc) is 1.90. The van der Waals surface area contributed by atoms with Crippen molar-refractivity contribution in [3.63, 3.8) is 0 Å². The van der Waals surface area contributed by atoms with Crippen molar-refractivity contribution < 1.29 is 4.74 Å². The Kier molecular flexibility index (Phi) is 15.8. The van der Waals surface area contributed by atoms with E-state index in [1.165, 1.54) is 0 Å². The van der Waals surface area contributed by atoms with Crippen molar-refractivity contribution in [1.29, 1.82) is 0 Å². The fourth-order valence-electron chi connectivity index (χ4n) is 0.508. The standard InChI is InChI=1S/C7H7O.CH3.ClH.Mg/c1-8-7-5-3-2-4-6-7;;;/h3-6H,1H3;1H3;1H;/q2*-1;;+2. The zero-order valence-electron chi connectivity index (χ0n) is 6.83. The van der Waals surface area contributed by atoms with Crippen LogP contribution in [-0.4, -0.2) is 30.2 Å². The molecule has 0 aromatic heterocycles. The monoisotopic (exact) mass is 182 g/mol. The van der Waals surface area contributed by atoms with E-state index in [1.807, 2.05) is 24.3 Å². The number of halogens is 1. The molecule has 1 nitrogen and oxygen atoms in total. The van der Waals surface area contributed by atoms with Crippen LogP contribution in [0.25, 0.3) is 0 Å². The van der Waals surface area contributed by atoms with Gasteiger partial charge in [0.15, 0.2) is 0 Å². The molecule has 0 amide bonds. The third-order valence-corrected chi connectivity index (χ3v) is 0.923. The van der Waals surface area contributed by atoms with Crippen LogP contribution in [0.5, 0.6) is 5.75 Å². The van der Waals surface area contributed by atoms with Crippen molar-refractivity contribution in [3.05, 3.63) is 37.8 Å². The Morgan fingerprint density at radius 1 is 1.27 bits per heavy atom. The van der Waals surface area contributed by atoms with E-state index < -0.39 is 0 Å². The van der Waals surface area contributed by atoms with E-state index in [2.05, 4.69) is 6.07 Å². The van der Waals surface area contributed by atoms with E-state index in [-0.39, 0.29) is 42.9 Å². The van der Waals surface area contributed by atoms with Crippen molar-refractivity contribution in [2.45, 2.75) is 0 Å². The first kappa shape index (κ1) is 17.2. The molecule has 3 heteroatoms. The zero-order valence-corrected chi connectivity index (χ0v) is 9.06. The normalized spacial score (nSPS) is 6.27. The summed E-state index contributed by atoms with van der Waals surface area (Å²) in [6.45, 7) is 0. The first-order valence-corrected chi connectivity index (χ1v) is 2.43. The van der Waals surface area contributed by atoms with Crippen LogP contribution in [-0.2, 0) is 0 Å². The maximum atomic E-state index is 4.89. The second kappa shape index (κ2) is 10.1. The number of rotatable bonds is 1. The van der Waals surface area contributed by atoms with E-state index >= 15 is 0 Å². The molecular weight excluding hydrogens is 172 g/mol. The summed E-state index contributed by atoms with van der Waals surface area (Å²) in [5.74, 6) is 0.878.